The maximum Gasteiger partial charge on any atom is 0.260 e. The number of ether oxygens (including phenoxy) is 3. The van der Waals surface area contributed by atoms with E-state index >= 15 is 0 Å². The van der Waals surface area contributed by atoms with Crippen LogP contribution in [-0.2, 0) is 4.79 Å². The lowest BCUT2D eigenvalue weighted by Crippen LogP contribution is -2.47. The molecule has 2 aromatic rings. The molecule has 1 aromatic heterocycles. The molecule has 1 aromatic carbocycles. The highest BCUT2D eigenvalue weighted by Crippen LogP contribution is 2.36. The molecule has 0 radical (unpaired) electrons. The van der Waals surface area contributed by atoms with Gasteiger partial charge < -0.3 is 24.4 Å². The minimum Gasteiger partial charge on any atom is -0.484 e. The molecule has 5 rings (SSSR count). The Kier molecular flexibility index (Phi) is 5.24. The number of anilines is 1. The van der Waals surface area contributed by atoms with Gasteiger partial charge in [-0.15, -0.1) is 0 Å². The molecule has 11 heteroatoms. The number of piperidine rings is 1. The zero-order valence-electron chi connectivity index (χ0n) is 16.7. The van der Waals surface area contributed by atoms with Crippen LogP contribution in [0.5, 0.6) is 17.2 Å². The van der Waals surface area contributed by atoms with Crippen LogP contribution in [0.1, 0.15) is 25.3 Å². The summed E-state index contributed by atoms with van der Waals surface area (Å²) in [6.45, 7) is 1.25. The predicted octanol–water partition coefficient (Wildman–Crippen LogP) is 2.31. The van der Waals surface area contributed by atoms with E-state index in [4.69, 9.17) is 14.2 Å². The Bertz CT molecular complexity index is 947. The number of carbonyl (C=O) groups is 1. The Morgan fingerprint density at radius 2 is 2.06 bits per heavy atom. The van der Waals surface area contributed by atoms with Crippen molar-refractivity contribution in [3.63, 3.8) is 0 Å². The van der Waals surface area contributed by atoms with Gasteiger partial charge in [0.05, 0.1) is 0 Å². The third-order valence-corrected chi connectivity index (χ3v) is 6.16. The van der Waals surface area contributed by atoms with Gasteiger partial charge in [0.1, 0.15) is 18.1 Å². The lowest BCUT2D eigenvalue weighted by molar-refractivity contribution is -0.134. The molecule has 166 valence electrons. The Morgan fingerprint density at radius 3 is 2.87 bits per heavy atom. The van der Waals surface area contributed by atoms with Gasteiger partial charge in [-0.25, -0.2) is 13.5 Å². The molecule has 1 N–H and O–H groups in total. The second kappa shape index (κ2) is 8.20. The van der Waals surface area contributed by atoms with E-state index in [-0.39, 0.29) is 31.3 Å². The van der Waals surface area contributed by atoms with Crippen molar-refractivity contribution in [3.05, 3.63) is 24.5 Å². The highest BCUT2D eigenvalue weighted by molar-refractivity contribution is 5.77. The van der Waals surface area contributed by atoms with Crippen molar-refractivity contribution in [2.75, 3.05) is 31.8 Å². The van der Waals surface area contributed by atoms with Gasteiger partial charge in [0.25, 0.3) is 12.3 Å². The molecular formula is C20H23F2N5O4. The highest BCUT2D eigenvalue weighted by atomic mass is 19.3. The Labute approximate surface area is 177 Å². The van der Waals surface area contributed by atoms with Crippen molar-refractivity contribution >= 4 is 11.9 Å². The van der Waals surface area contributed by atoms with Crippen LogP contribution in [0.15, 0.2) is 24.5 Å². The summed E-state index contributed by atoms with van der Waals surface area (Å²) in [5.41, 5.74) is 0. The first-order valence-corrected chi connectivity index (χ1v) is 10.3. The number of amides is 1. The number of hydrogen-bond acceptors (Lipinski definition) is 7. The lowest BCUT2D eigenvalue weighted by atomic mass is 9.85. The van der Waals surface area contributed by atoms with Crippen molar-refractivity contribution in [2.45, 2.75) is 37.8 Å². The van der Waals surface area contributed by atoms with E-state index in [1.807, 2.05) is 0 Å². The summed E-state index contributed by atoms with van der Waals surface area (Å²) in [6, 6.07) is 4.10. The molecule has 1 amide bonds. The maximum absolute atomic E-state index is 13.5. The van der Waals surface area contributed by atoms with Gasteiger partial charge in [-0.05, 0) is 37.3 Å². The fraction of sp³-hybridized carbons (Fsp3) is 0.550. The molecule has 4 heterocycles. The number of nitrogens with one attached hydrogen (secondary N) is 1. The summed E-state index contributed by atoms with van der Waals surface area (Å²) in [5, 5.41) is 7.17. The normalized spacial score (nSPS) is 22.9. The Hall–Kier alpha value is -3.11. The number of alkyl halides is 2. The Morgan fingerprint density at radius 1 is 1.26 bits per heavy atom. The van der Waals surface area contributed by atoms with Crippen molar-refractivity contribution in [1.82, 2.24) is 19.7 Å². The topological polar surface area (TPSA) is 90.7 Å². The van der Waals surface area contributed by atoms with Gasteiger partial charge >= 0.3 is 0 Å². The van der Waals surface area contributed by atoms with Gasteiger partial charge in [0, 0.05) is 25.2 Å². The van der Waals surface area contributed by atoms with Crippen LogP contribution in [0.2, 0.25) is 0 Å². The highest BCUT2D eigenvalue weighted by Gasteiger charge is 2.38. The quantitative estimate of drug-likeness (QED) is 0.771. The molecule has 0 aliphatic carbocycles. The fourth-order valence-electron chi connectivity index (χ4n) is 4.45. The first-order valence-electron chi connectivity index (χ1n) is 10.3. The zero-order chi connectivity index (χ0) is 21.4. The molecule has 3 aliphatic rings. The van der Waals surface area contributed by atoms with Crippen LogP contribution in [0.4, 0.5) is 14.7 Å². The average Bonchev–Trinajstić information content (AvgIpc) is 3.45. The number of nitrogens with zero attached hydrogens (tertiary/aromatic N) is 4. The third kappa shape index (κ3) is 3.96. The number of likely N-dealkylation sites (tertiary alicyclic amines) is 1. The first-order chi connectivity index (χ1) is 15.1. The number of hydrogen-bond donors (Lipinski definition) is 1. The molecule has 0 saturated carbocycles. The molecular weight excluding hydrogens is 412 g/mol. The van der Waals surface area contributed by atoms with E-state index in [9.17, 15) is 13.6 Å². The SMILES string of the molecule is O=C(COc1ccc2c(c1)OCO2)N1CCC([C@@H]2C[C@H](C(F)F)n3ncnc3N2)CC1. The summed E-state index contributed by atoms with van der Waals surface area (Å²) >= 11 is 0. The summed E-state index contributed by atoms with van der Waals surface area (Å²) in [4.78, 5) is 18.4. The van der Waals surface area contributed by atoms with Crippen molar-refractivity contribution in [2.24, 2.45) is 5.92 Å². The van der Waals surface area contributed by atoms with Crippen LogP contribution in [0.3, 0.4) is 0 Å². The van der Waals surface area contributed by atoms with Gasteiger partial charge in [0.2, 0.25) is 12.7 Å². The third-order valence-electron chi connectivity index (χ3n) is 6.16. The maximum atomic E-state index is 13.5. The minimum absolute atomic E-state index is 0.0669. The standard InChI is InChI=1S/C20H23F2N5O4/c21-19(22)15-8-14(25-20-23-10-24-27(15)20)12-3-5-26(6-4-12)18(28)9-29-13-1-2-16-17(7-13)31-11-30-16/h1-2,7,10,12,14-15,19H,3-6,8-9,11H2,(H,23,24,25)/t14-,15+/m0/s1. The van der Waals surface area contributed by atoms with E-state index in [1.165, 1.54) is 11.0 Å². The number of rotatable bonds is 5. The van der Waals surface area contributed by atoms with E-state index in [1.54, 1.807) is 23.1 Å². The largest absolute Gasteiger partial charge is 0.484 e. The molecule has 0 unspecified atom stereocenters. The second-order valence-electron chi connectivity index (χ2n) is 7.94. The Balaban J connectivity index is 1.13. The number of aromatic nitrogens is 3. The van der Waals surface area contributed by atoms with Crippen molar-refractivity contribution in [1.29, 1.82) is 0 Å². The van der Waals surface area contributed by atoms with Gasteiger partial charge in [-0.2, -0.15) is 10.1 Å². The lowest BCUT2D eigenvalue weighted by Gasteiger charge is -2.39. The molecule has 1 fully saturated rings. The van der Waals surface area contributed by atoms with Crippen LogP contribution in [-0.4, -0.2) is 64.5 Å². The van der Waals surface area contributed by atoms with Crippen molar-refractivity contribution < 1.29 is 27.8 Å². The second-order valence-corrected chi connectivity index (χ2v) is 7.94. The molecule has 1 saturated heterocycles. The predicted molar refractivity (Wildman–Crippen MR) is 104 cm³/mol. The number of benzene rings is 1. The fourth-order valence-corrected chi connectivity index (χ4v) is 4.45. The van der Waals surface area contributed by atoms with E-state index in [2.05, 4.69) is 15.4 Å². The minimum atomic E-state index is -2.50. The average molecular weight is 435 g/mol. The summed E-state index contributed by atoms with van der Waals surface area (Å²) < 4.78 is 44.4. The van der Waals surface area contributed by atoms with E-state index in [0.717, 1.165) is 12.8 Å². The van der Waals surface area contributed by atoms with Crippen LogP contribution >= 0.6 is 0 Å². The van der Waals surface area contributed by atoms with E-state index in [0.29, 0.717) is 42.7 Å². The van der Waals surface area contributed by atoms with Crippen LogP contribution < -0.4 is 19.5 Å². The molecule has 0 bridgehead atoms. The molecule has 2 atom stereocenters. The van der Waals surface area contributed by atoms with Gasteiger partial charge in [-0.1, -0.05) is 0 Å². The zero-order valence-corrected chi connectivity index (χ0v) is 16.7. The molecule has 0 spiro atoms. The summed E-state index contributed by atoms with van der Waals surface area (Å²) in [6.07, 6.45) is 0.552. The molecule has 9 nitrogen and oxygen atoms in total. The van der Waals surface area contributed by atoms with E-state index < -0.39 is 12.5 Å². The van der Waals surface area contributed by atoms with Gasteiger partial charge in [-0.3, -0.25) is 4.79 Å². The smallest absolute Gasteiger partial charge is 0.260 e. The van der Waals surface area contributed by atoms with Crippen LogP contribution in [0, 0.1) is 5.92 Å². The number of carbonyl (C=O) groups excluding carboxylic acids is 1. The summed E-state index contributed by atoms with van der Waals surface area (Å²) in [7, 11) is 0. The van der Waals surface area contributed by atoms with Crippen molar-refractivity contribution in [3.8, 4) is 17.2 Å². The molecule has 3 aliphatic heterocycles. The van der Waals surface area contributed by atoms with Crippen LogP contribution in [0.25, 0.3) is 0 Å². The first kappa shape index (κ1) is 19.8. The molecule has 31 heavy (non-hydrogen) atoms. The number of halogens is 2. The summed E-state index contributed by atoms with van der Waals surface area (Å²) in [5.74, 6) is 2.27. The van der Waals surface area contributed by atoms with Gasteiger partial charge in [0.15, 0.2) is 18.1 Å². The number of fused-ring (bicyclic) bond motifs is 2. The monoisotopic (exact) mass is 435 g/mol.